The van der Waals surface area contributed by atoms with Gasteiger partial charge in [-0.1, -0.05) is 18.7 Å². The highest BCUT2D eigenvalue weighted by Gasteiger charge is 2.12. The van der Waals surface area contributed by atoms with Gasteiger partial charge < -0.3 is 5.11 Å². The molecular weight excluding hydrogens is 198 g/mol. The van der Waals surface area contributed by atoms with Gasteiger partial charge in [-0.15, -0.1) is 5.10 Å². The van der Waals surface area contributed by atoms with Crippen LogP contribution in [0.1, 0.15) is 25.2 Å². The van der Waals surface area contributed by atoms with Crippen LogP contribution in [0, 0.1) is 13.8 Å². The molecule has 1 rings (SSSR count). The summed E-state index contributed by atoms with van der Waals surface area (Å²) in [4.78, 5) is 4.27. The smallest absolute Gasteiger partial charge is 0.209 e. The van der Waals surface area contributed by atoms with Gasteiger partial charge in [-0.05, 0) is 20.8 Å². The van der Waals surface area contributed by atoms with E-state index in [0.29, 0.717) is 5.16 Å². The van der Waals surface area contributed by atoms with Crippen LogP contribution in [0.2, 0.25) is 0 Å². The second kappa shape index (κ2) is 4.70. The average molecular weight is 213 g/mol. The zero-order valence-corrected chi connectivity index (χ0v) is 9.67. The van der Waals surface area contributed by atoms with Crippen LogP contribution in [0.25, 0.3) is 0 Å². The van der Waals surface area contributed by atoms with Crippen LogP contribution in [0.15, 0.2) is 5.16 Å². The minimum absolute atomic E-state index is 0.0823. The molecule has 0 aromatic carbocycles. The molecule has 14 heavy (non-hydrogen) atoms. The minimum Gasteiger partial charge on any atom is -0.392 e. The van der Waals surface area contributed by atoms with Gasteiger partial charge >= 0.3 is 0 Å². The molecule has 5 heteroatoms. The molecule has 0 saturated carbocycles. The number of aliphatic hydroxyl groups is 1. The summed E-state index contributed by atoms with van der Waals surface area (Å²) in [6.07, 6.45) is -0.370. The van der Waals surface area contributed by atoms with Gasteiger partial charge in [-0.2, -0.15) is 5.10 Å². The lowest BCUT2D eigenvalue weighted by molar-refractivity contribution is 0.196. The number of aliphatic hydroxyl groups excluding tert-OH is 1. The zero-order valence-electron chi connectivity index (χ0n) is 8.85. The van der Waals surface area contributed by atoms with Crippen LogP contribution in [-0.2, 0) is 0 Å². The van der Waals surface area contributed by atoms with Crippen molar-refractivity contribution in [1.29, 1.82) is 0 Å². The molecule has 0 spiro atoms. The molecule has 0 saturated heterocycles. The highest BCUT2D eigenvalue weighted by atomic mass is 32.2. The maximum absolute atomic E-state index is 9.31. The first-order valence-electron chi connectivity index (χ1n) is 4.53. The van der Waals surface area contributed by atoms with Crippen LogP contribution in [0.5, 0.6) is 0 Å². The highest BCUT2D eigenvalue weighted by Crippen LogP contribution is 2.21. The largest absolute Gasteiger partial charge is 0.392 e. The van der Waals surface area contributed by atoms with Crippen LogP contribution >= 0.6 is 11.8 Å². The predicted molar refractivity (Wildman–Crippen MR) is 56.3 cm³/mol. The van der Waals surface area contributed by atoms with E-state index in [-0.39, 0.29) is 11.4 Å². The molecule has 2 atom stereocenters. The summed E-state index contributed by atoms with van der Waals surface area (Å²) in [6.45, 7) is 7.48. The summed E-state index contributed by atoms with van der Waals surface area (Å²) in [7, 11) is 0. The van der Waals surface area contributed by atoms with E-state index in [1.165, 1.54) is 11.8 Å². The van der Waals surface area contributed by atoms with E-state index in [1.807, 2.05) is 20.8 Å². The lowest BCUT2D eigenvalue weighted by Crippen LogP contribution is -2.15. The van der Waals surface area contributed by atoms with Crippen molar-refractivity contribution in [2.24, 2.45) is 0 Å². The maximum Gasteiger partial charge on any atom is 0.209 e. The monoisotopic (exact) mass is 213 g/mol. The van der Waals surface area contributed by atoms with Crippen molar-refractivity contribution in [3.05, 3.63) is 11.4 Å². The Hall–Kier alpha value is -0.680. The normalized spacial score (nSPS) is 15.2. The molecule has 0 radical (unpaired) electrons. The third-order valence-electron chi connectivity index (χ3n) is 2.04. The summed E-state index contributed by atoms with van der Waals surface area (Å²) in [6, 6.07) is 0. The summed E-state index contributed by atoms with van der Waals surface area (Å²) < 4.78 is 0. The molecule has 0 aliphatic carbocycles. The molecule has 78 valence electrons. The Kier molecular flexibility index (Phi) is 3.83. The molecule has 0 aliphatic rings. The number of rotatable bonds is 3. The van der Waals surface area contributed by atoms with Gasteiger partial charge in [0.1, 0.15) is 0 Å². The van der Waals surface area contributed by atoms with Crippen molar-refractivity contribution >= 4 is 11.8 Å². The summed E-state index contributed by atoms with van der Waals surface area (Å²) >= 11 is 1.44. The van der Waals surface area contributed by atoms with Crippen molar-refractivity contribution in [2.45, 2.75) is 44.2 Å². The number of nitrogens with zero attached hydrogens (tertiary/aromatic N) is 3. The zero-order chi connectivity index (χ0) is 10.7. The first-order chi connectivity index (χ1) is 6.50. The van der Waals surface area contributed by atoms with E-state index in [1.54, 1.807) is 6.92 Å². The maximum atomic E-state index is 9.31. The Labute approximate surface area is 88.2 Å². The first kappa shape index (κ1) is 11.4. The number of thioether (sulfide) groups is 1. The van der Waals surface area contributed by atoms with E-state index in [9.17, 15) is 5.11 Å². The number of aryl methyl sites for hydroxylation is 2. The van der Waals surface area contributed by atoms with E-state index in [2.05, 4.69) is 15.2 Å². The number of hydrogen-bond acceptors (Lipinski definition) is 5. The summed E-state index contributed by atoms with van der Waals surface area (Å²) in [5, 5.41) is 17.9. The fourth-order valence-electron chi connectivity index (χ4n) is 0.752. The van der Waals surface area contributed by atoms with Gasteiger partial charge in [-0.25, -0.2) is 4.98 Å². The Morgan fingerprint density at radius 2 is 1.79 bits per heavy atom. The summed E-state index contributed by atoms with van der Waals surface area (Å²) in [5.41, 5.74) is 1.74. The van der Waals surface area contributed by atoms with E-state index in [0.717, 1.165) is 11.4 Å². The van der Waals surface area contributed by atoms with E-state index in [4.69, 9.17) is 0 Å². The Morgan fingerprint density at radius 1 is 1.14 bits per heavy atom. The minimum atomic E-state index is -0.370. The van der Waals surface area contributed by atoms with Gasteiger partial charge in [0.2, 0.25) is 5.16 Å². The fraction of sp³-hybridized carbons (Fsp3) is 0.667. The second-order valence-electron chi connectivity index (χ2n) is 3.33. The van der Waals surface area contributed by atoms with Crippen molar-refractivity contribution in [3.8, 4) is 0 Å². The predicted octanol–water partition coefficient (Wildman–Crippen LogP) is 1.35. The second-order valence-corrected chi connectivity index (χ2v) is 4.67. The molecule has 1 aromatic heterocycles. The van der Waals surface area contributed by atoms with Crippen LogP contribution in [0.3, 0.4) is 0 Å². The molecule has 0 amide bonds. The highest BCUT2D eigenvalue weighted by molar-refractivity contribution is 7.99. The fourth-order valence-corrected chi connectivity index (χ4v) is 1.56. The van der Waals surface area contributed by atoms with Crippen molar-refractivity contribution in [3.63, 3.8) is 0 Å². The Morgan fingerprint density at radius 3 is 2.29 bits per heavy atom. The third-order valence-corrected chi connectivity index (χ3v) is 3.19. The van der Waals surface area contributed by atoms with Crippen molar-refractivity contribution < 1.29 is 5.11 Å². The lowest BCUT2D eigenvalue weighted by Gasteiger charge is -2.12. The Bertz CT molecular complexity index is 317. The number of aromatic nitrogens is 3. The molecule has 1 aromatic rings. The summed E-state index contributed by atoms with van der Waals surface area (Å²) in [5.74, 6) is 0. The van der Waals surface area contributed by atoms with Crippen molar-refractivity contribution in [2.75, 3.05) is 0 Å². The SMILES string of the molecule is Cc1nnc(SC(C)C(C)O)nc1C. The lowest BCUT2D eigenvalue weighted by atomic mass is 10.3. The quantitative estimate of drug-likeness (QED) is 0.768. The van der Waals surface area contributed by atoms with Gasteiger partial charge in [0, 0.05) is 5.25 Å². The molecule has 2 unspecified atom stereocenters. The van der Waals surface area contributed by atoms with Gasteiger partial charge in [-0.3, -0.25) is 0 Å². The first-order valence-corrected chi connectivity index (χ1v) is 5.41. The standard InChI is InChI=1S/C9H15N3OS/c1-5-6(2)11-12-9(10-5)14-8(4)7(3)13/h7-8,13H,1-4H3. The van der Waals surface area contributed by atoms with Gasteiger partial charge in [0.25, 0.3) is 0 Å². The molecule has 1 N–H and O–H groups in total. The Balaban J connectivity index is 2.73. The van der Waals surface area contributed by atoms with E-state index >= 15 is 0 Å². The van der Waals surface area contributed by atoms with Crippen LogP contribution in [0.4, 0.5) is 0 Å². The van der Waals surface area contributed by atoms with Gasteiger partial charge in [0.15, 0.2) is 0 Å². The third kappa shape index (κ3) is 2.92. The molecule has 0 bridgehead atoms. The average Bonchev–Trinajstić information content (AvgIpc) is 2.11. The molecule has 1 heterocycles. The topological polar surface area (TPSA) is 58.9 Å². The molecule has 0 fully saturated rings. The number of hydrogen-bond donors (Lipinski definition) is 1. The van der Waals surface area contributed by atoms with Crippen molar-refractivity contribution in [1.82, 2.24) is 15.2 Å². The van der Waals surface area contributed by atoms with Crippen LogP contribution < -0.4 is 0 Å². The molecule has 4 nitrogen and oxygen atoms in total. The molecule has 0 aliphatic heterocycles. The van der Waals surface area contributed by atoms with Crippen LogP contribution in [-0.4, -0.2) is 31.6 Å². The molecular formula is C9H15N3OS. The van der Waals surface area contributed by atoms with E-state index < -0.39 is 0 Å². The van der Waals surface area contributed by atoms with Gasteiger partial charge in [0.05, 0.1) is 17.5 Å².